The Labute approximate surface area is 197 Å². The van der Waals surface area contributed by atoms with Gasteiger partial charge in [-0.2, -0.15) is 0 Å². The van der Waals surface area contributed by atoms with Gasteiger partial charge in [-0.1, -0.05) is 24.3 Å². The SMILES string of the molecule is CC(=O)N1CC2(C1)Oc1ccc(C(=O)NC[C@H](O)CN3CCc4ccccc4C3)cc1NC2=O. The number of aliphatic hydroxyl groups is 1. The molecule has 3 N–H and O–H groups in total. The highest BCUT2D eigenvalue weighted by Gasteiger charge is 2.55. The number of nitrogens with zero attached hydrogens (tertiary/aromatic N) is 2. The van der Waals surface area contributed by atoms with Gasteiger partial charge in [0.25, 0.3) is 11.8 Å². The molecule has 0 radical (unpaired) electrons. The van der Waals surface area contributed by atoms with E-state index in [0.29, 0.717) is 23.5 Å². The monoisotopic (exact) mass is 464 g/mol. The number of rotatable bonds is 5. The van der Waals surface area contributed by atoms with Gasteiger partial charge in [0.15, 0.2) is 0 Å². The van der Waals surface area contributed by atoms with Crippen molar-refractivity contribution in [1.82, 2.24) is 15.1 Å². The number of nitrogens with one attached hydrogen (secondary N) is 2. The minimum atomic E-state index is -1.07. The molecule has 1 spiro atoms. The van der Waals surface area contributed by atoms with Gasteiger partial charge in [0.1, 0.15) is 5.75 Å². The van der Waals surface area contributed by atoms with E-state index >= 15 is 0 Å². The van der Waals surface area contributed by atoms with Crippen LogP contribution in [-0.2, 0) is 22.6 Å². The first-order valence-electron chi connectivity index (χ1n) is 11.5. The Bertz CT molecular complexity index is 1140. The zero-order chi connectivity index (χ0) is 23.9. The molecule has 9 heteroatoms. The summed E-state index contributed by atoms with van der Waals surface area (Å²) < 4.78 is 5.91. The molecule has 0 unspecified atom stereocenters. The summed E-state index contributed by atoms with van der Waals surface area (Å²) in [7, 11) is 0. The average molecular weight is 465 g/mol. The Morgan fingerprint density at radius 1 is 1.21 bits per heavy atom. The van der Waals surface area contributed by atoms with Gasteiger partial charge in [-0.25, -0.2) is 0 Å². The van der Waals surface area contributed by atoms with E-state index in [1.54, 1.807) is 23.1 Å². The van der Waals surface area contributed by atoms with Gasteiger partial charge in [0.2, 0.25) is 11.5 Å². The maximum Gasteiger partial charge on any atom is 0.272 e. The second kappa shape index (κ2) is 8.73. The van der Waals surface area contributed by atoms with Crippen LogP contribution in [0.4, 0.5) is 5.69 Å². The lowest BCUT2D eigenvalue weighted by Crippen LogP contribution is -2.72. The molecule has 0 aliphatic carbocycles. The molecule has 0 saturated carbocycles. The van der Waals surface area contributed by atoms with Gasteiger partial charge >= 0.3 is 0 Å². The highest BCUT2D eigenvalue weighted by atomic mass is 16.5. The Balaban J connectivity index is 1.15. The minimum absolute atomic E-state index is 0.105. The van der Waals surface area contributed by atoms with Crippen LogP contribution >= 0.6 is 0 Å². The van der Waals surface area contributed by atoms with Gasteiger partial charge < -0.3 is 25.4 Å². The number of β-amino-alcohol motifs (C(OH)–C–C–N with tert-alkyl or cyclic N) is 1. The summed E-state index contributed by atoms with van der Waals surface area (Å²) in [6, 6.07) is 13.1. The molecule has 0 bridgehead atoms. The van der Waals surface area contributed by atoms with Crippen LogP contribution in [0.15, 0.2) is 42.5 Å². The highest BCUT2D eigenvalue weighted by Crippen LogP contribution is 2.38. The Kier molecular flexibility index (Phi) is 5.75. The first kappa shape index (κ1) is 22.4. The van der Waals surface area contributed by atoms with Gasteiger partial charge in [0.05, 0.1) is 24.9 Å². The van der Waals surface area contributed by atoms with Crippen molar-refractivity contribution in [3.8, 4) is 5.75 Å². The number of ether oxygens (including phenoxy) is 1. The van der Waals surface area contributed by atoms with E-state index in [1.165, 1.54) is 18.1 Å². The summed E-state index contributed by atoms with van der Waals surface area (Å²) in [5.74, 6) is -0.308. The molecule has 3 aliphatic heterocycles. The van der Waals surface area contributed by atoms with Crippen molar-refractivity contribution in [3.63, 3.8) is 0 Å². The van der Waals surface area contributed by atoms with Crippen LogP contribution in [0.5, 0.6) is 5.75 Å². The van der Waals surface area contributed by atoms with Crippen LogP contribution in [0.1, 0.15) is 28.4 Å². The lowest BCUT2D eigenvalue weighted by atomic mass is 9.90. The van der Waals surface area contributed by atoms with Crippen LogP contribution in [-0.4, -0.2) is 77.1 Å². The molecule has 0 aromatic heterocycles. The van der Waals surface area contributed by atoms with E-state index in [9.17, 15) is 19.5 Å². The molecular weight excluding hydrogens is 436 g/mol. The summed E-state index contributed by atoms with van der Waals surface area (Å²) in [5.41, 5.74) is 2.33. The summed E-state index contributed by atoms with van der Waals surface area (Å²) in [4.78, 5) is 40.4. The maximum absolute atomic E-state index is 12.7. The smallest absolute Gasteiger partial charge is 0.272 e. The first-order valence-corrected chi connectivity index (χ1v) is 11.5. The Hall–Kier alpha value is -3.43. The molecule has 9 nitrogen and oxygen atoms in total. The lowest BCUT2D eigenvalue weighted by molar-refractivity contribution is -0.159. The van der Waals surface area contributed by atoms with E-state index in [2.05, 4.69) is 27.7 Å². The molecule has 2 aromatic carbocycles. The van der Waals surface area contributed by atoms with Gasteiger partial charge in [-0.15, -0.1) is 0 Å². The average Bonchev–Trinajstić information content (AvgIpc) is 2.80. The van der Waals surface area contributed by atoms with Crippen molar-refractivity contribution in [2.75, 3.05) is 38.0 Å². The van der Waals surface area contributed by atoms with Crippen molar-refractivity contribution >= 4 is 23.4 Å². The fourth-order valence-electron chi connectivity index (χ4n) is 4.74. The van der Waals surface area contributed by atoms with Crippen molar-refractivity contribution in [2.45, 2.75) is 31.6 Å². The third-order valence-corrected chi connectivity index (χ3v) is 6.72. The zero-order valence-corrected chi connectivity index (χ0v) is 19.0. The number of hydrogen-bond donors (Lipinski definition) is 3. The molecule has 34 heavy (non-hydrogen) atoms. The Morgan fingerprint density at radius 2 is 1.97 bits per heavy atom. The quantitative estimate of drug-likeness (QED) is 0.603. The van der Waals surface area contributed by atoms with Crippen LogP contribution in [0.25, 0.3) is 0 Å². The van der Waals surface area contributed by atoms with Crippen molar-refractivity contribution in [2.24, 2.45) is 0 Å². The van der Waals surface area contributed by atoms with E-state index in [4.69, 9.17) is 4.74 Å². The topological polar surface area (TPSA) is 111 Å². The Morgan fingerprint density at radius 3 is 2.74 bits per heavy atom. The van der Waals surface area contributed by atoms with E-state index in [-0.39, 0.29) is 37.4 Å². The normalized spacial score (nSPS) is 19.2. The van der Waals surface area contributed by atoms with Gasteiger partial charge in [-0.3, -0.25) is 19.3 Å². The summed E-state index contributed by atoms with van der Waals surface area (Å²) in [6.07, 6.45) is 0.254. The van der Waals surface area contributed by atoms with Crippen LogP contribution in [0.2, 0.25) is 0 Å². The van der Waals surface area contributed by atoms with Crippen molar-refractivity contribution in [3.05, 3.63) is 59.2 Å². The third kappa shape index (κ3) is 4.24. The fraction of sp³-hybridized carbons (Fsp3) is 0.400. The fourth-order valence-corrected chi connectivity index (χ4v) is 4.74. The molecule has 2 aromatic rings. The van der Waals surface area contributed by atoms with Crippen LogP contribution < -0.4 is 15.4 Å². The second-order valence-electron chi connectivity index (χ2n) is 9.25. The molecule has 178 valence electrons. The van der Waals surface area contributed by atoms with E-state index in [0.717, 1.165) is 19.5 Å². The molecule has 3 amide bonds. The summed E-state index contributed by atoms with van der Waals surface area (Å²) >= 11 is 0. The first-order chi connectivity index (χ1) is 16.3. The van der Waals surface area contributed by atoms with Gasteiger partial charge in [-0.05, 0) is 35.7 Å². The van der Waals surface area contributed by atoms with E-state index in [1.807, 2.05) is 12.1 Å². The molecule has 1 fully saturated rings. The minimum Gasteiger partial charge on any atom is -0.471 e. The number of benzene rings is 2. The molecular formula is C25H28N4O5. The number of aliphatic hydroxyl groups excluding tert-OH is 1. The largest absolute Gasteiger partial charge is 0.471 e. The molecule has 1 saturated heterocycles. The summed E-state index contributed by atoms with van der Waals surface area (Å²) in [5, 5.41) is 16.0. The number of carbonyl (C=O) groups is 3. The van der Waals surface area contributed by atoms with Gasteiger partial charge in [0, 0.05) is 38.7 Å². The number of amides is 3. The molecule has 5 rings (SSSR count). The van der Waals surface area contributed by atoms with Crippen LogP contribution in [0, 0.1) is 0 Å². The zero-order valence-electron chi connectivity index (χ0n) is 19.0. The standard InChI is InChI=1S/C25H28N4O5/c1-16(30)29-14-25(15-29)24(33)27-21-10-18(6-7-22(21)34-25)23(32)26-11-20(31)13-28-9-8-17-4-2-3-5-19(17)12-28/h2-7,10,20,31H,8-9,11-15H2,1H3,(H,26,32)(H,27,33)/t20-/m0/s1. The maximum atomic E-state index is 12.7. The number of likely N-dealkylation sites (tertiary alicyclic amines) is 1. The number of fused-ring (bicyclic) bond motifs is 2. The molecule has 3 aliphatic rings. The van der Waals surface area contributed by atoms with Crippen molar-refractivity contribution in [1.29, 1.82) is 0 Å². The third-order valence-electron chi connectivity index (χ3n) is 6.72. The lowest BCUT2D eigenvalue weighted by Gasteiger charge is -2.49. The van der Waals surface area contributed by atoms with Crippen molar-refractivity contribution < 1.29 is 24.2 Å². The number of carbonyl (C=O) groups excluding carboxylic acids is 3. The van der Waals surface area contributed by atoms with Crippen LogP contribution in [0.3, 0.4) is 0 Å². The number of hydrogen-bond acceptors (Lipinski definition) is 6. The second-order valence-corrected chi connectivity index (χ2v) is 9.25. The highest BCUT2D eigenvalue weighted by molar-refractivity contribution is 6.04. The van der Waals surface area contributed by atoms with E-state index < -0.39 is 11.7 Å². The molecule has 1 atom stereocenters. The predicted octanol–water partition coefficient (Wildman–Crippen LogP) is 0.767. The summed E-state index contributed by atoms with van der Waals surface area (Å²) in [6.45, 7) is 4.13. The number of anilines is 1. The predicted molar refractivity (Wildman–Crippen MR) is 124 cm³/mol. The molecule has 3 heterocycles.